The smallest absolute Gasteiger partial charge is 0.274 e. The number of carbonyl (C=O) groups excluding carboxylic acids is 1. The molecular formula is C19H16BrN3O. The second-order valence-electron chi connectivity index (χ2n) is 5.38. The van der Waals surface area contributed by atoms with Gasteiger partial charge in [0, 0.05) is 27.7 Å². The summed E-state index contributed by atoms with van der Waals surface area (Å²) < 4.78 is 1.01. The number of nitrogens with zero attached hydrogens (tertiary/aromatic N) is 1. The fourth-order valence-corrected chi connectivity index (χ4v) is 2.43. The van der Waals surface area contributed by atoms with Gasteiger partial charge in [0.25, 0.3) is 5.91 Å². The molecule has 0 saturated heterocycles. The third-order valence-electron chi connectivity index (χ3n) is 3.43. The van der Waals surface area contributed by atoms with Crippen molar-refractivity contribution in [2.45, 2.75) is 6.92 Å². The van der Waals surface area contributed by atoms with Crippen molar-refractivity contribution in [3.63, 3.8) is 0 Å². The number of hydrogen-bond acceptors (Lipinski definition) is 3. The van der Waals surface area contributed by atoms with Crippen molar-refractivity contribution < 1.29 is 4.79 Å². The molecule has 120 valence electrons. The van der Waals surface area contributed by atoms with Crippen molar-refractivity contribution in [1.82, 2.24) is 4.98 Å². The highest BCUT2D eigenvalue weighted by Gasteiger charge is 2.08. The van der Waals surface area contributed by atoms with E-state index in [1.54, 1.807) is 12.3 Å². The summed E-state index contributed by atoms with van der Waals surface area (Å²) in [6, 6.07) is 19.0. The number of carbonyl (C=O) groups is 1. The summed E-state index contributed by atoms with van der Waals surface area (Å²) in [5.41, 5.74) is 4.00. The predicted molar refractivity (Wildman–Crippen MR) is 101 cm³/mol. The highest BCUT2D eigenvalue weighted by atomic mass is 79.9. The lowest BCUT2D eigenvalue weighted by Gasteiger charge is -2.09. The number of aryl methyl sites for hydroxylation is 1. The van der Waals surface area contributed by atoms with Gasteiger partial charge in [0.2, 0.25) is 0 Å². The molecule has 0 unspecified atom stereocenters. The number of amides is 1. The van der Waals surface area contributed by atoms with Gasteiger partial charge < -0.3 is 10.6 Å². The second-order valence-corrected chi connectivity index (χ2v) is 6.30. The van der Waals surface area contributed by atoms with E-state index in [0.717, 1.165) is 27.1 Å². The molecule has 0 spiro atoms. The van der Waals surface area contributed by atoms with Gasteiger partial charge in [-0.3, -0.25) is 9.78 Å². The Morgan fingerprint density at radius 2 is 1.58 bits per heavy atom. The molecule has 0 bridgehead atoms. The topological polar surface area (TPSA) is 54.0 Å². The first-order valence-electron chi connectivity index (χ1n) is 7.47. The minimum atomic E-state index is -0.238. The number of pyridine rings is 1. The van der Waals surface area contributed by atoms with Crippen LogP contribution in [0.4, 0.5) is 17.1 Å². The van der Waals surface area contributed by atoms with Crippen LogP contribution in [0.2, 0.25) is 0 Å². The quantitative estimate of drug-likeness (QED) is 0.656. The van der Waals surface area contributed by atoms with Crippen LogP contribution in [0.1, 0.15) is 16.1 Å². The van der Waals surface area contributed by atoms with Crippen molar-refractivity contribution in [3.8, 4) is 0 Å². The molecule has 1 heterocycles. The maximum atomic E-state index is 12.3. The molecule has 3 rings (SSSR count). The molecule has 0 aliphatic heterocycles. The van der Waals surface area contributed by atoms with E-state index < -0.39 is 0 Å². The van der Waals surface area contributed by atoms with E-state index in [4.69, 9.17) is 0 Å². The Labute approximate surface area is 149 Å². The van der Waals surface area contributed by atoms with Crippen LogP contribution in [0.25, 0.3) is 0 Å². The standard InChI is InChI=1S/C19H16BrN3O/c1-13-2-6-16(7-3-13)23-19(24)18-12-17(10-11-21-18)22-15-8-4-14(20)5-9-15/h2-12H,1H3,(H,21,22)(H,23,24). The number of aromatic nitrogens is 1. The fraction of sp³-hybridized carbons (Fsp3) is 0.0526. The summed E-state index contributed by atoms with van der Waals surface area (Å²) in [7, 11) is 0. The van der Waals surface area contributed by atoms with Gasteiger partial charge in [-0.15, -0.1) is 0 Å². The maximum absolute atomic E-state index is 12.3. The molecule has 2 aromatic carbocycles. The Balaban J connectivity index is 1.73. The van der Waals surface area contributed by atoms with Crippen molar-refractivity contribution in [2.24, 2.45) is 0 Å². The lowest BCUT2D eigenvalue weighted by Crippen LogP contribution is -2.13. The van der Waals surface area contributed by atoms with E-state index in [2.05, 4.69) is 31.5 Å². The first-order valence-corrected chi connectivity index (χ1v) is 8.26. The molecule has 1 aromatic heterocycles. The number of rotatable bonds is 4. The van der Waals surface area contributed by atoms with Gasteiger partial charge in [-0.2, -0.15) is 0 Å². The van der Waals surface area contributed by atoms with Crippen LogP contribution in [0.3, 0.4) is 0 Å². The van der Waals surface area contributed by atoms with Crippen LogP contribution < -0.4 is 10.6 Å². The number of anilines is 3. The van der Waals surface area contributed by atoms with Crippen molar-refractivity contribution >= 4 is 38.9 Å². The van der Waals surface area contributed by atoms with Crippen LogP contribution in [-0.2, 0) is 0 Å². The Hall–Kier alpha value is -2.66. The molecule has 0 radical (unpaired) electrons. The molecular weight excluding hydrogens is 366 g/mol. The van der Waals surface area contributed by atoms with Gasteiger partial charge in [-0.05, 0) is 55.5 Å². The summed E-state index contributed by atoms with van der Waals surface area (Å²) in [4.78, 5) is 16.5. The zero-order chi connectivity index (χ0) is 16.9. The number of hydrogen-bond donors (Lipinski definition) is 2. The fourth-order valence-electron chi connectivity index (χ4n) is 2.16. The lowest BCUT2D eigenvalue weighted by molar-refractivity contribution is 0.102. The average Bonchev–Trinajstić information content (AvgIpc) is 2.59. The average molecular weight is 382 g/mol. The highest BCUT2D eigenvalue weighted by molar-refractivity contribution is 9.10. The highest BCUT2D eigenvalue weighted by Crippen LogP contribution is 2.20. The normalized spacial score (nSPS) is 10.2. The van der Waals surface area contributed by atoms with E-state index >= 15 is 0 Å². The first-order chi connectivity index (χ1) is 11.6. The largest absolute Gasteiger partial charge is 0.355 e. The van der Waals surface area contributed by atoms with Crippen LogP contribution in [0, 0.1) is 6.92 Å². The molecule has 3 aromatic rings. The Morgan fingerprint density at radius 1 is 0.917 bits per heavy atom. The van der Waals surface area contributed by atoms with Gasteiger partial charge >= 0.3 is 0 Å². The molecule has 0 fully saturated rings. The van der Waals surface area contributed by atoms with E-state index in [1.165, 1.54) is 0 Å². The predicted octanol–water partition coefficient (Wildman–Crippen LogP) is 5.15. The summed E-state index contributed by atoms with van der Waals surface area (Å²) in [6.45, 7) is 2.00. The molecule has 5 heteroatoms. The van der Waals surface area contributed by atoms with Crippen molar-refractivity contribution in [3.05, 3.63) is 82.6 Å². The van der Waals surface area contributed by atoms with Gasteiger partial charge in [0.1, 0.15) is 5.69 Å². The van der Waals surface area contributed by atoms with Gasteiger partial charge in [-0.25, -0.2) is 0 Å². The van der Waals surface area contributed by atoms with E-state index in [0.29, 0.717) is 5.69 Å². The summed E-state index contributed by atoms with van der Waals surface area (Å²) in [6.07, 6.45) is 1.62. The third kappa shape index (κ3) is 4.20. The van der Waals surface area contributed by atoms with E-state index in [9.17, 15) is 4.79 Å². The molecule has 0 aliphatic carbocycles. The molecule has 0 atom stereocenters. The van der Waals surface area contributed by atoms with Crippen LogP contribution in [-0.4, -0.2) is 10.9 Å². The van der Waals surface area contributed by atoms with Crippen LogP contribution in [0.5, 0.6) is 0 Å². The van der Waals surface area contributed by atoms with E-state index in [1.807, 2.05) is 61.5 Å². The summed E-state index contributed by atoms with van der Waals surface area (Å²) >= 11 is 3.41. The zero-order valence-electron chi connectivity index (χ0n) is 13.1. The Bertz CT molecular complexity index is 845. The molecule has 0 saturated carbocycles. The molecule has 2 N–H and O–H groups in total. The minimum absolute atomic E-state index is 0.238. The lowest BCUT2D eigenvalue weighted by atomic mass is 10.2. The van der Waals surface area contributed by atoms with Crippen LogP contribution >= 0.6 is 15.9 Å². The van der Waals surface area contributed by atoms with E-state index in [-0.39, 0.29) is 5.91 Å². The van der Waals surface area contributed by atoms with Crippen molar-refractivity contribution in [1.29, 1.82) is 0 Å². The molecule has 0 aliphatic rings. The molecule has 1 amide bonds. The number of nitrogens with one attached hydrogen (secondary N) is 2. The summed E-state index contributed by atoms with van der Waals surface area (Å²) in [5, 5.41) is 6.11. The first kappa shape index (κ1) is 16.2. The second kappa shape index (κ2) is 7.27. The van der Waals surface area contributed by atoms with Gasteiger partial charge in [0.05, 0.1) is 0 Å². The minimum Gasteiger partial charge on any atom is -0.355 e. The number of benzene rings is 2. The summed E-state index contributed by atoms with van der Waals surface area (Å²) in [5.74, 6) is -0.238. The molecule has 24 heavy (non-hydrogen) atoms. The molecule has 4 nitrogen and oxygen atoms in total. The Kier molecular flexibility index (Phi) is 4.91. The van der Waals surface area contributed by atoms with Crippen LogP contribution in [0.15, 0.2) is 71.3 Å². The number of halogens is 1. The van der Waals surface area contributed by atoms with Crippen molar-refractivity contribution in [2.75, 3.05) is 10.6 Å². The zero-order valence-corrected chi connectivity index (χ0v) is 14.7. The monoisotopic (exact) mass is 381 g/mol. The maximum Gasteiger partial charge on any atom is 0.274 e. The van der Waals surface area contributed by atoms with Gasteiger partial charge in [0.15, 0.2) is 0 Å². The SMILES string of the molecule is Cc1ccc(NC(=O)c2cc(Nc3ccc(Br)cc3)ccn2)cc1. The Morgan fingerprint density at radius 3 is 2.29 bits per heavy atom. The third-order valence-corrected chi connectivity index (χ3v) is 3.96. The van der Waals surface area contributed by atoms with Gasteiger partial charge in [-0.1, -0.05) is 33.6 Å².